The van der Waals surface area contributed by atoms with Crippen LogP contribution in [0.4, 0.5) is 0 Å². The molecule has 0 aromatic carbocycles. The van der Waals surface area contributed by atoms with E-state index in [0.29, 0.717) is 13.1 Å². The largest absolute Gasteiger partial charge is 0.387 e. The lowest BCUT2D eigenvalue weighted by Gasteiger charge is -2.33. The van der Waals surface area contributed by atoms with Crippen LogP contribution in [-0.2, 0) is 16.6 Å². The summed E-state index contributed by atoms with van der Waals surface area (Å²) in [4.78, 5) is 11.6. The van der Waals surface area contributed by atoms with Crippen molar-refractivity contribution < 1.29 is 9.84 Å². The van der Waals surface area contributed by atoms with Crippen molar-refractivity contribution in [3.05, 3.63) is 16.1 Å². The molecule has 1 unspecified atom stereocenters. The number of hydrogen-bond acceptors (Lipinski definition) is 6. The molecule has 0 amide bonds. The van der Waals surface area contributed by atoms with Crippen molar-refractivity contribution in [2.75, 3.05) is 52.5 Å². The van der Waals surface area contributed by atoms with Gasteiger partial charge in [0.1, 0.15) is 0 Å². The lowest BCUT2D eigenvalue weighted by molar-refractivity contribution is -0.0179. The first-order valence-electron chi connectivity index (χ1n) is 10.2. The number of guanidine groups is 1. The predicted molar refractivity (Wildman–Crippen MR) is 116 cm³/mol. The highest BCUT2D eigenvalue weighted by atomic mass is 32.1. The van der Waals surface area contributed by atoms with Gasteiger partial charge in [0.2, 0.25) is 0 Å². The van der Waals surface area contributed by atoms with Crippen molar-refractivity contribution in [3.63, 3.8) is 0 Å². The lowest BCUT2D eigenvalue weighted by atomic mass is 9.93. The molecule has 3 N–H and O–H groups in total. The zero-order valence-electron chi connectivity index (χ0n) is 18.0. The van der Waals surface area contributed by atoms with Crippen LogP contribution in [0.15, 0.2) is 10.4 Å². The average Bonchev–Trinajstić information content (AvgIpc) is 3.09. The van der Waals surface area contributed by atoms with Gasteiger partial charge in [-0.25, -0.2) is 4.98 Å². The van der Waals surface area contributed by atoms with E-state index in [0.717, 1.165) is 62.5 Å². The van der Waals surface area contributed by atoms with Gasteiger partial charge < -0.3 is 20.5 Å². The van der Waals surface area contributed by atoms with Crippen LogP contribution in [0.2, 0.25) is 0 Å². The summed E-state index contributed by atoms with van der Waals surface area (Å²) in [5.41, 5.74) is 0.369. The van der Waals surface area contributed by atoms with Crippen LogP contribution in [0.1, 0.15) is 45.3 Å². The van der Waals surface area contributed by atoms with Crippen molar-refractivity contribution >= 4 is 17.3 Å². The van der Waals surface area contributed by atoms with Crippen LogP contribution in [-0.4, -0.2) is 79.0 Å². The summed E-state index contributed by atoms with van der Waals surface area (Å²) in [5.74, 6) is 0.734. The molecule has 1 aromatic rings. The van der Waals surface area contributed by atoms with Crippen LogP contribution in [0.3, 0.4) is 0 Å². The SMILES string of the molecule is CCNC(=NCC(C)(O)CN1CCOCC1)NCCc1nc(C(C)(C)C)cs1. The van der Waals surface area contributed by atoms with Gasteiger partial charge in [0.15, 0.2) is 5.96 Å². The number of morpholine rings is 1. The molecule has 7 nitrogen and oxygen atoms in total. The highest BCUT2D eigenvalue weighted by molar-refractivity contribution is 7.09. The minimum absolute atomic E-state index is 0.0879. The number of aliphatic imine (C=N–C) groups is 1. The number of thiazole rings is 1. The Labute approximate surface area is 173 Å². The number of hydrogen-bond donors (Lipinski definition) is 3. The number of rotatable bonds is 8. The molecule has 0 aliphatic carbocycles. The molecule has 1 saturated heterocycles. The Morgan fingerprint density at radius 3 is 2.61 bits per heavy atom. The zero-order chi connectivity index (χ0) is 20.6. The van der Waals surface area contributed by atoms with Crippen LogP contribution < -0.4 is 10.6 Å². The van der Waals surface area contributed by atoms with Crippen molar-refractivity contribution in [2.24, 2.45) is 4.99 Å². The van der Waals surface area contributed by atoms with Crippen LogP contribution >= 0.6 is 11.3 Å². The van der Waals surface area contributed by atoms with Crippen molar-refractivity contribution in [1.29, 1.82) is 0 Å². The average molecular weight is 412 g/mol. The maximum absolute atomic E-state index is 10.7. The van der Waals surface area contributed by atoms with Gasteiger partial charge >= 0.3 is 0 Å². The summed E-state index contributed by atoms with van der Waals surface area (Å²) in [6.45, 7) is 16.1. The summed E-state index contributed by atoms with van der Waals surface area (Å²) in [6, 6.07) is 0. The molecule has 160 valence electrons. The number of ether oxygens (including phenoxy) is 1. The standard InChI is InChI=1S/C20H37N5O2S/c1-6-21-18(22-8-7-17-24-16(13-28-17)19(2,3)4)23-14-20(5,26)15-25-9-11-27-12-10-25/h13,26H,6-12,14-15H2,1-5H3,(H2,21,22,23). The van der Waals surface area contributed by atoms with Gasteiger partial charge in [-0.15, -0.1) is 11.3 Å². The molecule has 0 radical (unpaired) electrons. The number of aliphatic hydroxyl groups is 1. The van der Waals surface area contributed by atoms with E-state index in [1.165, 1.54) is 0 Å². The summed E-state index contributed by atoms with van der Waals surface area (Å²) in [6.07, 6.45) is 0.856. The quantitative estimate of drug-likeness (QED) is 0.445. The first-order chi connectivity index (χ1) is 13.2. The third-order valence-corrected chi connectivity index (χ3v) is 5.45. The van der Waals surface area contributed by atoms with Gasteiger partial charge in [0.25, 0.3) is 0 Å². The van der Waals surface area contributed by atoms with E-state index in [1.54, 1.807) is 11.3 Å². The zero-order valence-corrected chi connectivity index (χ0v) is 18.9. The maximum Gasteiger partial charge on any atom is 0.191 e. The molecule has 1 fully saturated rings. The van der Waals surface area contributed by atoms with E-state index in [2.05, 4.69) is 46.7 Å². The number of nitrogens with one attached hydrogen (secondary N) is 2. The second-order valence-electron chi connectivity index (χ2n) is 8.63. The fourth-order valence-electron chi connectivity index (χ4n) is 2.94. The highest BCUT2D eigenvalue weighted by Gasteiger charge is 2.25. The van der Waals surface area contributed by atoms with Gasteiger partial charge in [0, 0.05) is 49.9 Å². The molecule has 2 rings (SSSR count). The number of β-amino-alcohol motifs (C(OH)–C–C–N with tert-alkyl or cyclic N) is 1. The Hall–Kier alpha value is -1.22. The van der Waals surface area contributed by atoms with Crippen LogP contribution in [0, 0.1) is 0 Å². The monoisotopic (exact) mass is 411 g/mol. The lowest BCUT2D eigenvalue weighted by Crippen LogP contribution is -2.48. The van der Waals surface area contributed by atoms with Gasteiger partial charge in [-0.3, -0.25) is 9.89 Å². The Morgan fingerprint density at radius 2 is 2.00 bits per heavy atom. The Kier molecular flexibility index (Phi) is 8.67. The summed E-state index contributed by atoms with van der Waals surface area (Å²) >= 11 is 1.71. The van der Waals surface area contributed by atoms with Crippen LogP contribution in [0.5, 0.6) is 0 Å². The molecule has 2 heterocycles. The first kappa shape index (κ1) is 23.1. The van der Waals surface area contributed by atoms with Crippen molar-refractivity contribution in [3.8, 4) is 0 Å². The molecule has 28 heavy (non-hydrogen) atoms. The van der Waals surface area contributed by atoms with E-state index in [9.17, 15) is 5.11 Å². The second kappa shape index (κ2) is 10.5. The van der Waals surface area contributed by atoms with Crippen molar-refractivity contribution in [1.82, 2.24) is 20.5 Å². The Balaban J connectivity index is 1.83. The molecule has 1 atom stereocenters. The summed E-state index contributed by atoms with van der Waals surface area (Å²) in [7, 11) is 0. The Morgan fingerprint density at radius 1 is 1.29 bits per heavy atom. The van der Waals surface area contributed by atoms with E-state index in [4.69, 9.17) is 9.72 Å². The highest BCUT2D eigenvalue weighted by Crippen LogP contribution is 2.23. The third-order valence-electron chi connectivity index (χ3n) is 4.54. The fourth-order valence-corrected chi connectivity index (χ4v) is 3.97. The molecular weight excluding hydrogens is 374 g/mol. The maximum atomic E-state index is 10.7. The molecule has 8 heteroatoms. The smallest absolute Gasteiger partial charge is 0.191 e. The van der Waals surface area contributed by atoms with Gasteiger partial charge in [-0.05, 0) is 13.8 Å². The van der Waals surface area contributed by atoms with E-state index >= 15 is 0 Å². The second-order valence-corrected chi connectivity index (χ2v) is 9.58. The normalized spacial score (nSPS) is 18.7. The van der Waals surface area contributed by atoms with Crippen LogP contribution in [0.25, 0.3) is 0 Å². The van der Waals surface area contributed by atoms with Gasteiger partial charge in [-0.2, -0.15) is 0 Å². The molecule has 1 aliphatic heterocycles. The Bertz CT molecular complexity index is 618. The summed E-state index contributed by atoms with van der Waals surface area (Å²) in [5, 5.41) is 20.6. The van der Waals surface area contributed by atoms with E-state index in [-0.39, 0.29) is 5.41 Å². The number of aromatic nitrogens is 1. The molecular formula is C20H37N5O2S. The fraction of sp³-hybridized carbons (Fsp3) is 0.800. The predicted octanol–water partition coefficient (Wildman–Crippen LogP) is 1.62. The molecule has 0 spiro atoms. The first-order valence-corrected chi connectivity index (χ1v) is 11.1. The third kappa shape index (κ3) is 8.03. The minimum atomic E-state index is -0.864. The van der Waals surface area contributed by atoms with Crippen molar-refractivity contribution in [2.45, 2.75) is 52.1 Å². The topological polar surface area (TPSA) is 82.0 Å². The molecule has 0 bridgehead atoms. The minimum Gasteiger partial charge on any atom is -0.387 e. The number of nitrogens with zero attached hydrogens (tertiary/aromatic N) is 3. The molecule has 1 aliphatic rings. The van der Waals surface area contributed by atoms with E-state index in [1.807, 2.05) is 13.8 Å². The summed E-state index contributed by atoms with van der Waals surface area (Å²) < 4.78 is 5.37. The van der Waals surface area contributed by atoms with Gasteiger partial charge in [-0.1, -0.05) is 20.8 Å². The molecule has 0 saturated carbocycles. The van der Waals surface area contributed by atoms with E-state index < -0.39 is 5.60 Å². The molecule has 1 aromatic heterocycles. The van der Waals surface area contributed by atoms with Gasteiger partial charge in [0.05, 0.1) is 36.1 Å².